The molecule has 0 aliphatic carbocycles. The van der Waals surface area contributed by atoms with Crippen molar-refractivity contribution in [3.63, 3.8) is 0 Å². The maximum absolute atomic E-state index is 14.5. The highest BCUT2D eigenvalue weighted by atomic mass is 79.9. The number of likely N-dealkylation sites (tertiary alicyclic amines) is 1. The third-order valence-electron chi connectivity index (χ3n) is 8.38. The summed E-state index contributed by atoms with van der Waals surface area (Å²) >= 11 is 3.54. The van der Waals surface area contributed by atoms with Crippen molar-refractivity contribution in [3.05, 3.63) is 22.7 Å². The number of nitrogens with zero attached hydrogens (tertiary/aromatic N) is 2. The smallest absolute Gasteiger partial charge is 0.313 e. The first-order valence-electron chi connectivity index (χ1n) is 14.0. The van der Waals surface area contributed by atoms with Crippen LogP contribution in [0.4, 0.5) is 0 Å². The molecule has 39 heavy (non-hydrogen) atoms. The summed E-state index contributed by atoms with van der Waals surface area (Å²) in [5.74, 6) is -3.39. The standard InChI is InChI=1S/C28H40BrN3O7/c1-5-10-16(3)31-12-9-7-8-11-20(34)30-14-17(4)38-27(37)21-22-25(35)32(18(6-2)15-33)24(26(31)36)28(22)13-19(29)23(21)39-28/h7,9,13,16-18,21-24,33H,5-6,8,10-12,14-15H2,1-4H3,(H,30,34)/b9-7-/t16?,17-,18+,21+,22-,23+,24+,28-/m1/s1. The lowest BCUT2D eigenvalue weighted by molar-refractivity contribution is -0.159. The van der Waals surface area contributed by atoms with Crippen molar-refractivity contribution in [3.8, 4) is 0 Å². The van der Waals surface area contributed by atoms with Crippen LogP contribution in [0.2, 0.25) is 0 Å². The topological polar surface area (TPSA) is 125 Å². The predicted molar refractivity (Wildman–Crippen MR) is 146 cm³/mol. The summed E-state index contributed by atoms with van der Waals surface area (Å²) in [5.41, 5.74) is -1.37. The van der Waals surface area contributed by atoms with Crippen molar-refractivity contribution in [1.29, 1.82) is 0 Å². The van der Waals surface area contributed by atoms with Gasteiger partial charge < -0.3 is 29.7 Å². The van der Waals surface area contributed by atoms with Gasteiger partial charge in [0, 0.05) is 23.5 Å². The highest BCUT2D eigenvalue weighted by Gasteiger charge is 2.75. The molecule has 5 bridgehead atoms. The van der Waals surface area contributed by atoms with Crippen molar-refractivity contribution in [1.82, 2.24) is 15.1 Å². The van der Waals surface area contributed by atoms with Crippen LogP contribution < -0.4 is 5.32 Å². The van der Waals surface area contributed by atoms with Gasteiger partial charge in [-0.1, -0.05) is 48.4 Å². The van der Waals surface area contributed by atoms with Crippen LogP contribution in [-0.4, -0.2) is 94.2 Å². The summed E-state index contributed by atoms with van der Waals surface area (Å²) < 4.78 is 12.8. The molecule has 4 aliphatic heterocycles. The van der Waals surface area contributed by atoms with Crippen molar-refractivity contribution in [2.24, 2.45) is 11.8 Å². The highest BCUT2D eigenvalue weighted by Crippen LogP contribution is 2.59. The van der Waals surface area contributed by atoms with E-state index in [9.17, 15) is 24.3 Å². The van der Waals surface area contributed by atoms with E-state index in [4.69, 9.17) is 9.47 Å². The zero-order valence-electron chi connectivity index (χ0n) is 23.1. The zero-order valence-corrected chi connectivity index (χ0v) is 24.7. The second kappa shape index (κ2) is 12.1. The Labute approximate surface area is 238 Å². The van der Waals surface area contributed by atoms with Gasteiger partial charge in [-0.2, -0.15) is 0 Å². The van der Waals surface area contributed by atoms with E-state index in [2.05, 4.69) is 21.2 Å². The number of rotatable bonds is 6. The van der Waals surface area contributed by atoms with Gasteiger partial charge in [0.1, 0.15) is 29.8 Å². The van der Waals surface area contributed by atoms with Gasteiger partial charge in [-0.05, 0) is 39.2 Å². The van der Waals surface area contributed by atoms with Gasteiger partial charge in [-0.3, -0.25) is 19.2 Å². The second-order valence-corrected chi connectivity index (χ2v) is 11.9. The number of hydrogen-bond donors (Lipinski definition) is 2. The van der Waals surface area contributed by atoms with Gasteiger partial charge in [0.25, 0.3) is 0 Å². The second-order valence-electron chi connectivity index (χ2n) is 11.0. The number of halogens is 1. The van der Waals surface area contributed by atoms with E-state index in [-0.39, 0.29) is 37.4 Å². The summed E-state index contributed by atoms with van der Waals surface area (Å²) in [6.07, 6.45) is 6.96. The fraction of sp³-hybridized carbons (Fsp3) is 0.714. The van der Waals surface area contributed by atoms with Gasteiger partial charge in [0.15, 0.2) is 0 Å². The SMILES string of the molecule is CCCC(C)N1C/C=C\CCC(=O)NC[C@@H](C)OC(=O)[C@@H]2[C@H]3O[C@@]4(C=C3Br)[C@H](C1=O)N([C@@H](CC)CO)C(=O)[C@@H]24. The number of hydrogen-bond acceptors (Lipinski definition) is 7. The average molecular weight is 611 g/mol. The Morgan fingerprint density at radius 2 is 1.95 bits per heavy atom. The summed E-state index contributed by atoms with van der Waals surface area (Å²) in [4.78, 5) is 57.7. The maximum atomic E-state index is 14.5. The number of fused-ring (bicyclic) bond motifs is 2. The summed E-state index contributed by atoms with van der Waals surface area (Å²) in [5, 5.41) is 13.0. The van der Waals surface area contributed by atoms with E-state index in [0.29, 0.717) is 23.9 Å². The Morgan fingerprint density at radius 1 is 1.21 bits per heavy atom. The minimum absolute atomic E-state index is 0.133. The molecule has 2 fully saturated rings. The number of carbonyl (C=O) groups is 4. The zero-order chi connectivity index (χ0) is 28.5. The van der Waals surface area contributed by atoms with Crippen LogP contribution >= 0.6 is 15.9 Å². The van der Waals surface area contributed by atoms with Crippen LogP contribution in [0, 0.1) is 11.8 Å². The fourth-order valence-electron chi connectivity index (χ4n) is 6.42. The summed E-state index contributed by atoms with van der Waals surface area (Å²) in [6, 6.07) is -1.80. The van der Waals surface area contributed by atoms with Crippen LogP contribution in [0.25, 0.3) is 0 Å². The van der Waals surface area contributed by atoms with Gasteiger partial charge >= 0.3 is 5.97 Å². The first-order chi connectivity index (χ1) is 18.6. The van der Waals surface area contributed by atoms with E-state index in [1.807, 2.05) is 32.9 Å². The molecule has 2 N–H and O–H groups in total. The van der Waals surface area contributed by atoms with Crippen LogP contribution in [0.5, 0.6) is 0 Å². The molecule has 4 rings (SSSR count). The number of nitrogens with one attached hydrogen (secondary N) is 1. The highest BCUT2D eigenvalue weighted by molar-refractivity contribution is 9.11. The molecular weight excluding hydrogens is 570 g/mol. The quantitative estimate of drug-likeness (QED) is 0.349. The molecule has 0 radical (unpaired) electrons. The van der Waals surface area contributed by atoms with Crippen molar-refractivity contribution in [2.75, 3.05) is 19.7 Å². The molecule has 1 spiro atoms. The average Bonchev–Trinajstić information content (AvgIpc) is 3.48. The maximum Gasteiger partial charge on any atom is 0.313 e. The van der Waals surface area contributed by atoms with Crippen LogP contribution in [0.1, 0.15) is 59.8 Å². The van der Waals surface area contributed by atoms with Crippen molar-refractivity contribution < 1.29 is 33.8 Å². The molecule has 0 aromatic carbocycles. The molecule has 216 valence electrons. The Balaban J connectivity index is 1.83. The lowest BCUT2D eigenvalue weighted by Gasteiger charge is -2.40. The molecular formula is C28H40BrN3O7. The normalized spacial score (nSPS) is 35.8. The van der Waals surface area contributed by atoms with Crippen LogP contribution in [0.15, 0.2) is 22.7 Å². The third-order valence-corrected chi connectivity index (χ3v) is 9.06. The fourth-order valence-corrected chi connectivity index (χ4v) is 7.15. The molecule has 1 unspecified atom stereocenters. The molecule has 3 amide bonds. The molecule has 11 heteroatoms. The number of allylic oxidation sites excluding steroid dienone is 1. The molecule has 2 saturated heterocycles. The van der Waals surface area contributed by atoms with Gasteiger partial charge in [0.05, 0.1) is 25.1 Å². The van der Waals surface area contributed by atoms with Gasteiger partial charge in [-0.15, -0.1) is 0 Å². The van der Waals surface area contributed by atoms with Gasteiger partial charge in [-0.25, -0.2) is 0 Å². The molecule has 0 saturated carbocycles. The number of ether oxygens (including phenoxy) is 2. The lowest BCUT2D eigenvalue weighted by atomic mass is 9.74. The molecule has 4 aliphatic rings. The predicted octanol–water partition coefficient (Wildman–Crippen LogP) is 2.05. The van der Waals surface area contributed by atoms with E-state index in [0.717, 1.165) is 12.8 Å². The summed E-state index contributed by atoms with van der Waals surface area (Å²) in [7, 11) is 0. The number of amides is 3. The minimum Gasteiger partial charge on any atom is -0.460 e. The molecule has 0 aromatic heterocycles. The van der Waals surface area contributed by atoms with Crippen molar-refractivity contribution >= 4 is 39.6 Å². The number of carbonyl (C=O) groups excluding carboxylic acids is 4. The monoisotopic (exact) mass is 609 g/mol. The van der Waals surface area contributed by atoms with Crippen LogP contribution in [-0.2, 0) is 28.7 Å². The largest absolute Gasteiger partial charge is 0.460 e. The molecule has 10 nitrogen and oxygen atoms in total. The van der Waals surface area contributed by atoms with E-state index < -0.39 is 53.6 Å². The first kappa shape index (κ1) is 29.7. The Hall–Kier alpha value is -2.24. The molecule has 8 atom stereocenters. The van der Waals surface area contributed by atoms with Crippen LogP contribution in [0.3, 0.4) is 0 Å². The third kappa shape index (κ3) is 5.29. The van der Waals surface area contributed by atoms with E-state index in [1.165, 1.54) is 4.90 Å². The Bertz CT molecular complexity index is 1040. The first-order valence-corrected chi connectivity index (χ1v) is 14.8. The molecule has 4 heterocycles. The van der Waals surface area contributed by atoms with Crippen molar-refractivity contribution in [2.45, 2.75) is 95.7 Å². The van der Waals surface area contributed by atoms with Gasteiger partial charge in [0.2, 0.25) is 17.7 Å². The summed E-state index contributed by atoms with van der Waals surface area (Å²) in [6.45, 7) is 7.68. The number of aliphatic hydroxyl groups is 1. The molecule has 0 aromatic rings. The lowest BCUT2D eigenvalue weighted by Crippen LogP contribution is -2.59. The Morgan fingerprint density at radius 3 is 2.62 bits per heavy atom. The number of esters is 1. The van der Waals surface area contributed by atoms with E-state index in [1.54, 1.807) is 17.9 Å². The van der Waals surface area contributed by atoms with E-state index >= 15 is 0 Å². The number of cyclic esters (lactones) is 1. The Kier molecular flexibility index (Phi) is 9.22. The number of aliphatic hydroxyl groups excluding tert-OH is 1. The minimum atomic E-state index is -1.37.